The number of sulfone groups is 1. The first-order valence-electron chi connectivity index (χ1n) is 5.38. The number of nitrogens with one attached hydrogen (secondary N) is 1. The molecule has 1 aromatic carbocycles. The number of alkyl halides is 2. The van der Waals surface area contributed by atoms with Crippen LogP contribution in [0.2, 0.25) is 5.02 Å². The first kappa shape index (κ1) is 16.3. The first-order chi connectivity index (χ1) is 8.73. The topological polar surface area (TPSA) is 66.4 Å². The van der Waals surface area contributed by atoms with Gasteiger partial charge >= 0.3 is 0 Å². The molecule has 0 amide bonds. The van der Waals surface area contributed by atoms with Crippen LogP contribution in [0.15, 0.2) is 23.1 Å². The van der Waals surface area contributed by atoms with Crippen LogP contribution >= 0.6 is 11.6 Å². The monoisotopic (exact) mass is 313 g/mol. The van der Waals surface area contributed by atoms with Crippen LogP contribution < -0.4 is 5.32 Å². The average molecular weight is 314 g/mol. The standard InChI is InChI=1S/C11H14ClF2NO3S/c1-19(17,18)10-4-2-3-8(12)7(10)5-15-6-9(16)11(13)14/h2-4,9,11,15-16H,5-6H2,1H3. The van der Waals surface area contributed by atoms with E-state index in [-0.39, 0.29) is 23.0 Å². The fourth-order valence-corrected chi connectivity index (χ4v) is 2.74. The molecule has 0 fully saturated rings. The van der Waals surface area contributed by atoms with E-state index < -0.39 is 22.4 Å². The molecule has 0 saturated heterocycles. The lowest BCUT2D eigenvalue weighted by Gasteiger charge is -2.13. The molecule has 2 N–H and O–H groups in total. The van der Waals surface area contributed by atoms with Crippen molar-refractivity contribution in [2.24, 2.45) is 0 Å². The number of halogens is 3. The van der Waals surface area contributed by atoms with Crippen molar-refractivity contribution in [3.05, 3.63) is 28.8 Å². The summed E-state index contributed by atoms with van der Waals surface area (Å²) in [6, 6.07) is 4.40. The van der Waals surface area contributed by atoms with E-state index in [9.17, 15) is 17.2 Å². The zero-order valence-corrected chi connectivity index (χ0v) is 11.7. The van der Waals surface area contributed by atoms with Gasteiger partial charge in [-0.1, -0.05) is 17.7 Å². The zero-order chi connectivity index (χ0) is 14.6. The predicted octanol–water partition coefficient (Wildman–Crippen LogP) is 1.46. The Kier molecular flexibility index (Phi) is 5.66. The molecule has 0 heterocycles. The summed E-state index contributed by atoms with van der Waals surface area (Å²) in [5.74, 6) is 0. The molecule has 0 aliphatic heterocycles. The Balaban J connectivity index is 2.84. The fraction of sp³-hybridized carbons (Fsp3) is 0.455. The van der Waals surface area contributed by atoms with Gasteiger partial charge in [0.25, 0.3) is 6.43 Å². The van der Waals surface area contributed by atoms with Gasteiger partial charge in [-0.2, -0.15) is 0 Å². The minimum atomic E-state index is -3.46. The van der Waals surface area contributed by atoms with Gasteiger partial charge in [-0.3, -0.25) is 0 Å². The van der Waals surface area contributed by atoms with Gasteiger partial charge in [0.1, 0.15) is 6.10 Å². The van der Waals surface area contributed by atoms with Crippen molar-refractivity contribution in [3.8, 4) is 0 Å². The van der Waals surface area contributed by atoms with Gasteiger partial charge in [0.15, 0.2) is 9.84 Å². The van der Waals surface area contributed by atoms with Crippen LogP contribution in [0.3, 0.4) is 0 Å². The number of aliphatic hydroxyl groups excluding tert-OH is 1. The summed E-state index contributed by atoms with van der Waals surface area (Å²) in [7, 11) is -3.46. The number of benzene rings is 1. The van der Waals surface area contributed by atoms with E-state index in [1.807, 2.05) is 0 Å². The fourth-order valence-electron chi connectivity index (χ4n) is 1.49. The summed E-state index contributed by atoms with van der Waals surface area (Å²) in [6.45, 7) is -0.377. The number of rotatable bonds is 6. The van der Waals surface area contributed by atoms with Gasteiger partial charge in [-0.15, -0.1) is 0 Å². The van der Waals surface area contributed by atoms with E-state index in [1.165, 1.54) is 18.2 Å². The van der Waals surface area contributed by atoms with Crippen molar-refractivity contribution in [2.45, 2.75) is 24.0 Å². The van der Waals surface area contributed by atoms with Gasteiger partial charge in [-0.25, -0.2) is 17.2 Å². The Bertz CT molecular complexity index is 537. The molecule has 0 radical (unpaired) electrons. The summed E-state index contributed by atoms with van der Waals surface area (Å²) < 4.78 is 47.3. The van der Waals surface area contributed by atoms with Crippen molar-refractivity contribution in [2.75, 3.05) is 12.8 Å². The summed E-state index contributed by atoms with van der Waals surface area (Å²) in [5, 5.41) is 11.7. The molecule has 19 heavy (non-hydrogen) atoms. The Hall–Kier alpha value is -0.760. The third kappa shape index (κ3) is 4.68. The lowest BCUT2D eigenvalue weighted by Crippen LogP contribution is -2.32. The number of hydrogen-bond donors (Lipinski definition) is 2. The highest BCUT2D eigenvalue weighted by atomic mass is 35.5. The second-order valence-corrected chi connectivity index (χ2v) is 6.41. The second-order valence-electron chi connectivity index (χ2n) is 4.02. The molecular formula is C11H14ClF2NO3S. The summed E-state index contributed by atoms with van der Waals surface area (Å²) >= 11 is 5.90. The van der Waals surface area contributed by atoms with Gasteiger partial charge in [-0.05, 0) is 12.1 Å². The minimum absolute atomic E-state index is 0.0220. The molecule has 0 bridgehead atoms. The Morgan fingerprint density at radius 2 is 2.05 bits per heavy atom. The van der Waals surface area contributed by atoms with Crippen molar-refractivity contribution in [1.29, 1.82) is 0 Å². The molecule has 1 atom stereocenters. The smallest absolute Gasteiger partial charge is 0.265 e. The van der Waals surface area contributed by atoms with Gasteiger partial charge in [0.2, 0.25) is 0 Å². The molecule has 108 valence electrons. The molecule has 0 aliphatic carbocycles. The highest BCUT2D eigenvalue weighted by Gasteiger charge is 2.18. The molecule has 0 saturated carbocycles. The van der Waals surface area contributed by atoms with Crippen LogP contribution in [-0.4, -0.2) is 38.9 Å². The lowest BCUT2D eigenvalue weighted by atomic mass is 10.2. The lowest BCUT2D eigenvalue weighted by molar-refractivity contribution is -0.00343. The largest absolute Gasteiger partial charge is 0.386 e. The third-order valence-electron chi connectivity index (χ3n) is 2.42. The molecule has 4 nitrogen and oxygen atoms in total. The molecule has 1 aromatic rings. The molecule has 1 unspecified atom stereocenters. The maximum Gasteiger partial charge on any atom is 0.265 e. The quantitative estimate of drug-likeness (QED) is 0.834. The van der Waals surface area contributed by atoms with Crippen molar-refractivity contribution in [3.63, 3.8) is 0 Å². The molecule has 0 aromatic heterocycles. The third-order valence-corrected chi connectivity index (χ3v) is 3.96. The van der Waals surface area contributed by atoms with E-state index in [4.69, 9.17) is 16.7 Å². The van der Waals surface area contributed by atoms with Gasteiger partial charge in [0, 0.05) is 29.9 Å². The maximum absolute atomic E-state index is 12.1. The van der Waals surface area contributed by atoms with Gasteiger partial charge < -0.3 is 10.4 Å². The highest BCUT2D eigenvalue weighted by molar-refractivity contribution is 7.90. The highest BCUT2D eigenvalue weighted by Crippen LogP contribution is 2.23. The average Bonchev–Trinajstić information content (AvgIpc) is 2.29. The van der Waals surface area contributed by atoms with Crippen LogP contribution in [-0.2, 0) is 16.4 Å². The minimum Gasteiger partial charge on any atom is -0.386 e. The van der Waals surface area contributed by atoms with E-state index in [0.717, 1.165) is 6.26 Å². The van der Waals surface area contributed by atoms with Crippen molar-refractivity contribution in [1.82, 2.24) is 5.32 Å². The van der Waals surface area contributed by atoms with Crippen molar-refractivity contribution >= 4 is 21.4 Å². The van der Waals surface area contributed by atoms with E-state index >= 15 is 0 Å². The SMILES string of the molecule is CS(=O)(=O)c1cccc(Cl)c1CNCC(O)C(F)F. The molecule has 0 spiro atoms. The van der Waals surface area contributed by atoms with Gasteiger partial charge in [0.05, 0.1) is 4.90 Å². The molecule has 1 rings (SSSR count). The first-order valence-corrected chi connectivity index (χ1v) is 7.64. The number of aliphatic hydroxyl groups is 1. The van der Waals surface area contributed by atoms with Crippen LogP contribution in [0.4, 0.5) is 8.78 Å². The maximum atomic E-state index is 12.1. The zero-order valence-electron chi connectivity index (χ0n) is 10.1. The summed E-state index contributed by atoms with van der Waals surface area (Å²) in [6.07, 6.45) is -3.62. The molecular weight excluding hydrogens is 300 g/mol. The molecule has 0 aliphatic rings. The predicted molar refractivity (Wildman–Crippen MR) is 68.3 cm³/mol. The van der Waals surface area contributed by atoms with Crippen LogP contribution in [0, 0.1) is 0 Å². The summed E-state index contributed by atoms with van der Waals surface area (Å²) in [4.78, 5) is 0.0408. The van der Waals surface area contributed by atoms with Crippen LogP contribution in [0.25, 0.3) is 0 Å². The van der Waals surface area contributed by atoms with E-state index in [2.05, 4.69) is 5.32 Å². The summed E-state index contributed by atoms with van der Waals surface area (Å²) in [5.41, 5.74) is 0.299. The van der Waals surface area contributed by atoms with Crippen molar-refractivity contribution < 1.29 is 22.3 Å². The van der Waals surface area contributed by atoms with Crippen LogP contribution in [0.5, 0.6) is 0 Å². The van der Waals surface area contributed by atoms with E-state index in [1.54, 1.807) is 0 Å². The molecule has 8 heteroatoms. The Morgan fingerprint density at radius 1 is 1.42 bits per heavy atom. The number of hydrogen-bond acceptors (Lipinski definition) is 4. The van der Waals surface area contributed by atoms with E-state index in [0.29, 0.717) is 5.56 Å². The second kappa shape index (κ2) is 6.60. The van der Waals surface area contributed by atoms with Crippen LogP contribution in [0.1, 0.15) is 5.56 Å². The Labute approximate surface area is 115 Å². The Morgan fingerprint density at radius 3 is 2.58 bits per heavy atom. The normalized spacial score (nSPS) is 13.8.